The molecular weight excluding hydrogens is 518 g/mol. The molecule has 5 nitrogen and oxygen atoms in total. The number of aliphatic hydroxyl groups is 1. The minimum absolute atomic E-state index is 0.119. The van der Waals surface area contributed by atoms with Gasteiger partial charge in [-0.3, -0.25) is 0 Å². The first kappa shape index (κ1) is 27.3. The van der Waals surface area contributed by atoms with E-state index >= 15 is 0 Å². The Kier molecular flexibility index (Phi) is 8.10. The first-order valence-corrected chi connectivity index (χ1v) is 16.3. The molecule has 0 aromatic heterocycles. The molecule has 0 amide bonds. The molecule has 2 saturated carbocycles. The Hall–Kier alpha value is -2.93. The van der Waals surface area contributed by atoms with Gasteiger partial charge in [-0.15, -0.1) is 0 Å². The SMILES string of the molecule is O=S(=O)(Oc1ccc(/C(=C(\CCCO)c2ccccc2)c2ccc(C3CCN(C4CC4)CC3)cc2)cc1)C1CC1. The molecule has 0 bridgehead atoms. The van der Waals surface area contributed by atoms with Crippen LogP contribution in [0.4, 0.5) is 0 Å². The van der Waals surface area contributed by atoms with Crippen LogP contribution >= 0.6 is 0 Å². The monoisotopic (exact) mass is 557 g/mol. The third kappa shape index (κ3) is 6.35. The minimum atomic E-state index is -3.56. The van der Waals surface area contributed by atoms with E-state index in [-0.39, 0.29) is 11.9 Å². The molecule has 6 rings (SSSR count). The number of likely N-dealkylation sites (tertiary alicyclic amines) is 1. The highest BCUT2D eigenvalue weighted by Gasteiger charge is 2.37. The lowest BCUT2D eigenvalue weighted by atomic mass is 9.85. The molecule has 6 heteroatoms. The van der Waals surface area contributed by atoms with Gasteiger partial charge in [-0.2, -0.15) is 8.42 Å². The average molecular weight is 558 g/mol. The van der Waals surface area contributed by atoms with Crippen molar-refractivity contribution < 1.29 is 17.7 Å². The first-order chi connectivity index (χ1) is 19.5. The number of nitrogens with zero attached hydrogens (tertiary/aromatic N) is 1. The van der Waals surface area contributed by atoms with E-state index in [1.807, 2.05) is 30.3 Å². The van der Waals surface area contributed by atoms with Crippen LogP contribution < -0.4 is 4.18 Å². The number of aliphatic hydroxyl groups excluding tert-OH is 1. The maximum atomic E-state index is 12.4. The third-order valence-corrected chi connectivity index (χ3v) is 10.3. The van der Waals surface area contributed by atoms with Crippen molar-refractivity contribution in [1.82, 2.24) is 4.90 Å². The molecule has 40 heavy (non-hydrogen) atoms. The summed E-state index contributed by atoms with van der Waals surface area (Å²) in [4.78, 5) is 2.67. The fourth-order valence-electron chi connectivity index (χ4n) is 6.02. The van der Waals surface area contributed by atoms with Crippen molar-refractivity contribution in [3.63, 3.8) is 0 Å². The van der Waals surface area contributed by atoms with Crippen LogP contribution in [-0.2, 0) is 10.1 Å². The summed E-state index contributed by atoms with van der Waals surface area (Å²) in [5.41, 5.74) is 6.92. The largest absolute Gasteiger partial charge is 0.396 e. The van der Waals surface area contributed by atoms with Gasteiger partial charge < -0.3 is 14.2 Å². The molecule has 3 aromatic carbocycles. The summed E-state index contributed by atoms with van der Waals surface area (Å²) in [6.45, 7) is 2.52. The van der Waals surface area contributed by atoms with Crippen molar-refractivity contribution in [3.05, 3.63) is 101 Å². The van der Waals surface area contributed by atoms with Crippen LogP contribution in [0.1, 0.15) is 79.5 Å². The van der Waals surface area contributed by atoms with E-state index in [1.54, 1.807) is 12.1 Å². The van der Waals surface area contributed by atoms with Gasteiger partial charge in [-0.25, -0.2) is 0 Å². The Morgan fingerprint density at radius 1 is 0.775 bits per heavy atom. The summed E-state index contributed by atoms with van der Waals surface area (Å²) in [6, 6.07) is 27.7. The predicted molar refractivity (Wildman–Crippen MR) is 161 cm³/mol. The Morgan fingerprint density at radius 3 is 1.98 bits per heavy atom. The fraction of sp³-hybridized carbons (Fsp3) is 0.412. The molecule has 1 N–H and O–H groups in total. The number of hydrogen-bond donors (Lipinski definition) is 1. The zero-order valence-electron chi connectivity index (χ0n) is 23.0. The molecule has 210 valence electrons. The normalized spacial score (nSPS) is 19.3. The predicted octanol–water partition coefficient (Wildman–Crippen LogP) is 6.63. The molecule has 0 radical (unpaired) electrons. The average Bonchev–Trinajstić information content (AvgIpc) is 3.90. The lowest BCUT2D eigenvalue weighted by molar-refractivity contribution is 0.203. The van der Waals surface area contributed by atoms with Crippen LogP contribution in [-0.4, -0.2) is 49.4 Å². The summed E-state index contributed by atoms with van der Waals surface area (Å²) < 4.78 is 30.2. The van der Waals surface area contributed by atoms with Crippen molar-refractivity contribution in [2.24, 2.45) is 0 Å². The first-order valence-electron chi connectivity index (χ1n) is 14.8. The van der Waals surface area contributed by atoms with E-state index < -0.39 is 10.1 Å². The van der Waals surface area contributed by atoms with Gasteiger partial charge in [0.25, 0.3) is 0 Å². The van der Waals surface area contributed by atoms with Gasteiger partial charge in [0.2, 0.25) is 0 Å². The van der Waals surface area contributed by atoms with E-state index in [1.165, 1.54) is 49.9 Å². The molecule has 3 aliphatic rings. The summed E-state index contributed by atoms with van der Waals surface area (Å²) in [6.07, 6.45) is 7.92. The van der Waals surface area contributed by atoms with Crippen LogP contribution in [0, 0.1) is 0 Å². The highest BCUT2D eigenvalue weighted by Crippen LogP contribution is 2.39. The van der Waals surface area contributed by atoms with Gasteiger partial charge in [0, 0.05) is 12.6 Å². The highest BCUT2D eigenvalue weighted by atomic mass is 32.2. The molecule has 0 spiro atoms. The second-order valence-corrected chi connectivity index (χ2v) is 13.3. The molecule has 1 saturated heterocycles. The lowest BCUT2D eigenvalue weighted by Crippen LogP contribution is -2.34. The maximum Gasteiger partial charge on any atom is 0.312 e. The van der Waals surface area contributed by atoms with Crippen molar-refractivity contribution in [3.8, 4) is 5.75 Å². The van der Waals surface area contributed by atoms with Crippen molar-refractivity contribution in [1.29, 1.82) is 0 Å². The van der Waals surface area contributed by atoms with E-state index in [9.17, 15) is 13.5 Å². The Balaban J connectivity index is 1.33. The summed E-state index contributed by atoms with van der Waals surface area (Å²) >= 11 is 0. The smallest absolute Gasteiger partial charge is 0.312 e. The quantitative estimate of drug-likeness (QED) is 0.212. The van der Waals surface area contributed by atoms with Crippen molar-refractivity contribution in [2.45, 2.75) is 68.6 Å². The molecule has 1 heterocycles. The van der Waals surface area contributed by atoms with Gasteiger partial charge in [-0.05, 0) is 116 Å². The molecule has 1 aliphatic heterocycles. The number of rotatable bonds is 11. The van der Waals surface area contributed by atoms with E-state index in [4.69, 9.17) is 4.18 Å². The maximum absolute atomic E-state index is 12.4. The summed E-state index contributed by atoms with van der Waals surface area (Å²) in [5, 5.41) is 9.35. The number of allylic oxidation sites excluding steroid dienone is 1. The zero-order valence-corrected chi connectivity index (χ0v) is 23.9. The number of benzene rings is 3. The van der Waals surface area contributed by atoms with Crippen molar-refractivity contribution in [2.75, 3.05) is 19.7 Å². The fourth-order valence-corrected chi connectivity index (χ4v) is 7.25. The highest BCUT2D eigenvalue weighted by molar-refractivity contribution is 7.88. The van der Waals surface area contributed by atoms with Crippen LogP contribution in [0.2, 0.25) is 0 Å². The Labute approximate surface area is 238 Å². The van der Waals surface area contributed by atoms with E-state index in [2.05, 4.69) is 41.3 Å². The second-order valence-electron chi connectivity index (χ2n) is 11.5. The third-order valence-electron chi connectivity index (χ3n) is 8.56. The molecule has 0 unspecified atom stereocenters. The Bertz CT molecular complexity index is 1420. The topological polar surface area (TPSA) is 66.8 Å². The second kappa shape index (κ2) is 11.9. The van der Waals surface area contributed by atoms with Crippen LogP contribution in [0.3, 0.4) is 0 Å². The summed E-state index contributed by atoms with van der Waals surface area (Å²) in [5.74, 6) is 0.948. The van der Waals surface area contributed by atoms with E-state index in [0.717, 1.165) is 34.7 Å². The van der Waals surface area contributed by atoms with Gasteiger partial charge in [0.05, 0.1) is 5.25 Å². The van der Waals surface area contributed by atoms with Gasteiger partial charge in [0.15, 0.2) is 0 Å². The minimum Gasteiger partial charge on any atom is -0.396 e. The van der Waals surface area contributed by atoms with Gasteiger partial charge in [-0.1, -0.05) is 66.7 Å². The van der Waals surface area contributed by atoms with E-state index in [0.29, 0.717) is 30.9 Å². The molecular formula is C34H39NO4S. The van der Waals surface area contributed by atoms with Crippen LogP contribution in [0.5, 0.6) is 5.75 Å². The molecule has 0 atom stereocenters. The molecule has 3 aromatic rings. The van der Waals surface area contributed by atoms with Crippen molar-refractivity contribution >= 4 is 21.3 Å². The van der Waals surface area contributed by atoms with Gasteiger partial charge in [0.1, 0.15) is 5.75 Å². The number of hydrogen-bond acceptors (Lipinski definition) is 5. The van der Waals surface area contributed by atoms with Crippen LogP contribution in [0.25, 0.3) is 11.1 Å². The lowest BCUT2D eigenvalue weighted by Gasteiger charge is -2.32. The summed E-state index contributed by atoms with van der Waals surface area (Å²) in [7, 11) is -3.56. The molecule has 2 aliphatic carbocycles. The van der Waals surface area contributed by atoms with Gasteiger partial charge >= 0.3 is 10.1 Å². The van der Waals surface area contributed by atoms with Crippen LogP contribution in [0.15, 0.2) is 78.9 Å². The standard InChI is InChI=1S/C34H39NO4S/c36-24-4-7-33(27-5-2-1-3-6-27)34(29-12-16-31(17-13-29)39-40(37,38)32-18-19-32)28-10-8-25(9-11-28)26-20-22-35(23-21-26)30-14-15-30/h1-3,5-6,8-13,16-17,26,30,32,36H,4,7,14-15,18-24H2/b34-33+. The number of piperidine rings is 1. The Morgan fingerprint density at radius 2 is 1.40 bits per heavy atom. The molecule has 3 fully saturated rings. The zero-order chi connectivity index (χ0) is 27.5.